The van der Waals surface area contributed by atoms with E-state index < -0.39 is 48.3 Å². The first-order valence-electron chi connectivity index (χ1n) is 24.3. The summed E-state index contributed by atoms with van der Waals surface area (Å²) in [6, 6.07) is 22.6. The lowest BCUT2D eigenvalue weighted by atomic mass is 10.0. The normalized spacial score (nSPS) is 11.5. The highest BCUT2D eigenvalue weighted by atomic mass is 19.3. The van der Waals surface area contributed by atoms with Gasteiger partial charge in [-0.1, -0.05) is 60.7 Å². The number of nitrogens with two attached hydrogens (primary N) is 1. The third-order valence-electron chi connectivity index (χ3n) is 12.5. The van der Waals surface area contributed by atoms with Gasteiger partial charge in [-0.2, -0.15) is 10.2 Å². The number of alkyl halides is 4. The highest BCUT2D eigenvalue weighted by Gasteiger charge is 2.33. The van der Waals surface area contributed by atoms with E-state index in [1.165, 1.54) is 64.2 Å². The highest BCUT2D eigenvalue weighted by Crippen LogP contribution is 2.34. The number of ketones is 1. The summed E-state index contributed by atoms with van der Waals surface area (Å²) in [7, 11) is 3.41. The minimum atomic E-state index is -3.13. The number of carboxylic acids is 1. The number of aromatic amines is 2. The van der Waals surface area contributed by atoms with Crippen LogP contribution in [0.5, 0.6) is 0 Å². The smallest absolute Gasteiger partial charge is 0.323 e. The van der Waals surface area contributed by atoms with Gasteiger partial charge in [-0.3, -0.25) is 57.6 Å². The Kier molecular flexibility index (Phi) is 16.9. The molecule has 0 saturated heterocycles. The van der Waals surface area contributed by atoms with Crippen molar-refractivity contribution in [2.45, 2.75) is 70.0 Å². The Hall–Kier alpha value is -9.18. The second-order valence-electron chi connectivity index (χ2n) is 18.1. The number of carbonyl (C=O) groups is 2. The zero-order valence-electron chi connectivity index (χ0n) is 41.9. The molecule has 8 heterocycles. The number of rotatable bonds is 18. The predicted molar refractivity (Wildman–Crippen MR) is 280 cm³/mol. The molecule has 5 N–H and O–H groups in total. The molecule has 2 aromatic carbocycles. The van der Waals surface area contributed by atoms with Gasteiger partial charge in [0.05, 0.1) is 42.7 Å². The van der Waals surface area contributed by atoms with Gasteiger partial charge in [-0.25, -0.2) is 17.6 Å². The predicted octanol–water partition coefficient (Wildman–Crippen LogP) is 7.92. The van der Waals surface area contributed by atoms with Crippen molar-refractivity contribution in [2.24, 2.45) is 19.8 Å². The van der Waals surface area contributed by atoms with Crippen LogP contribution >= 0.6 is 0 Å². The number of aryl methyl sites for hydroxylation is 5. The van der Waals surface area contributed by atoms with E-state index in [0.717, 1.165) is 37.8 Å². The SMILES string of the molecule is Cn1cc(-c2cnc(CCC(F)(F)c3ccccc3)c(=O)n2CC(=O)CCc2cc3cnccc3[nH]2)cn1.Cn1cc(-c2cnc(CCC(F)(F)c3ccccc3)c(=O)n2CC(=O)O)cn1.NCc1cc2cnccc2[nH]1. The third kappa shape index (κ3) is 13.6. The summed E-state index contributed by atoms with van der Waals surface area (Å²) >= 11 is 0. The molecule has 0 atom stereocenters. The molecule has 22 heteroatoms. The Morgan fingerprint density at radius 2 is 1.06 bits per heavy atom. The monoisotopic (exact) mass is 1050 g/mol. The molecule has 0 aliphatic rings. The molecular weight excluding hydrogens is 999 g/mol. The van der Waals surface area contributed by atoms with Gasteiger partial charge in [-0.15, -0.1) is 0 Å². The van der Waals surface area contributed by atoms with E-state index in [1.807, 2.05) is 30.5 Å². The van der Waals surface area contributed by atoms with Crippen LogP contribution < -0.4 is 16.9 Å². The molecule has 0 aliphatic carbocycles. The Labute approximate surface area is 436 Å². The maximum atomic E-state index is 14.8. The molecule has 0 amide bonds. The average Bonchev–Trinajstić information content (AvgIpc) is 4.26. The Balaban J connectivity index is 0.000000175. The van der Waals surface area contributed by atoms with E-state index in [-0.39, 0.29) is 59.8 Å². The summed E-state index contributed by atoms with van der Waals surface area (Å²) in [5.41, 5.74) is 9.58. The van der Waals surface area contributed by atoms with Crippen LogP contribution in [0.4, 0.5) is 17.6 Å². The number of fused-ring (bicyclic) bond motifs is 2. The number of nitrogens with one attached hydrogen (secondary N) is 2. The molecule has 0 aliphatic heterocycles. The molecule has 77 heavy (non-hydrogen) atoms. The van der Waals surface area contributed by atoms with Crippen molar-refractivity contribution < 1.29 is 32.3 Å². The lowest BCUT2D eigenvalue weighted by Crippen LogP contribution is -2.30. The molecule has 0 saturated carbocycles. The fraction of sp³-hybridized carbons (Fsp3) is 0.236. The second-order valence-corrected chi connectivity index (χ2v) is 18.1. The Morgan fingerprint density at radius 1 is 0.610 bits per heavy atom. The first kappa shape index (κ1) is 54.1. The average molecular weight is 1050 g/mol. The van der Waals surface area contributed by atoms with Crippen molar-refractivity contribution in [3.05, 3.63) is 202 Å². The van der Waals surface area contributed by atoms with Crippen LogP contribution in [0.2, 0.25) is 0 Å². The van der Waals surface area contributed by atoms with Crippen LogP contribution in [0, 0.1) is 0 Å². The topological polar surface area (TPSA) is 243 Å². The van der Waals surface area contributed by atoms with E-state index in [2.05, 4.69) is 40.1 Å². The number of aliphatic carboxylic acids is 1. The van der Waals surface area contributed by atoms with Gasteiger partial charge in [0.1, 0.15) is 17.9 Å². The van der Waals surface area contributed by atoms with Gasteiger partial charge in [0.25, 0.3) is 23.0 Å². The highest BCUT2D eigenvalue weighted by molar-refractivity contribution is 5.81. The van der Waals surface area contributed by atoms with Crippen LogP contribution in [-0.2, 0) is 74.4 Å². The van der Waals surface area contributed by atoms with Crippen molar-refractivity contribution in [1.82, 2.24) is 58.6 Å². The number of pyridine rings is 2. The van der Waals surface area contributed by atoms with Gasteiger partial charge in [-0.05, 0) is 30.7 Å². The molecule has 0 bridgehead atoms. The minimum absolute atomic E-state index is 0.0100. The van der Waals surface area contributed by atoms with Gasteiger partial charge in [0.2, 0.25) is 0 Å². The lowest BCUT2D eigenvalue weighted by molar-refractivity contribution is -0.137. The quantitative estimate of drug-likeness (QED) is 0.0599. The van der Waals surface area contributed by atoms with Crippen LogP contribution in [-0.4, -0.2) is 75.5 Å². The van der Waals surface area contributed by atoms with E-state index in [4.69, 9.17) is 10.8 Å². The summed E-state index contributed by atoms with van der Waals surface area (Å²) in [6.45, 7) is -0.252. The molecular formula is C55H53F4N13O5. The zero-order chi connectivity index (χ0) is 54.7. The van der Waals surface area contributed by atoms with Crippen molar-refractivity contribution in [3.8, 4) is 22.5 Å². The van der Waals surface area contributed by atoms with Crippen molar-refractivity contribution in [1.29, 1.82) is 0 Å². The standard InChI is InChI=1S/C28H26F2N6O2.C19H18F2N4O3.C8H9N3/c1-35-17-20(15-33-35)26-16-32-25(9-11-28(29,30)21-5-3-2-4-6-21)27(38)36(26)18-23(37)8-7-22-13-19-14-31-12-10-24(19)34-22;1-24-11-13(9-23-24)16-10-22-15(18(28)25(16)12-17(26)27)7-8-19(20,21)14-5-3-2-4-6-14;9-4-7-3-6-5-10-2-1-8(6)11-7/h2-6,10,12-17,34H,7-9,11,18H2,1H3;2-6,9-11H,7-8,12H2,1H3,(H,26,27);1-3,5,11H,4,9H2. The number of Topliss-reactive ketones (excluding diaryl/α,β-unsaturated/α-hetero) is 1. The van der Waals surface area contributed by atoms with E-state index >= 15 is 0 Å². The summed E-state index contributed by atoms with van der Waals surface area (Å²) in [5, 5.41) is 19.4. The molecule has 18 nitrogen and oxygen atoms in total. The van der Waals surface area contributed by atoms with Crippen LogP contribution in [0.25, 0.3) is 44.3 Å². The molecule has 0 unspecified atom stereocenters. The van der Waals surface area contributed by atoms with E-state index in [0.29, 0.717) is 29.8 Å². The number of nitrogens with zero attached hydrogens (tertiary/aromatic N) is 10. The molecule has 10 rings (SSSR count). The van der Waals surface area contributed by atoms with Gasteiger partial charge in [0, 0.05) is 145 Å². The number of halogens is 4. The van der Waals surface area contributed by atoms with Crippen molar-refractivity contribution in [3.63, 3.8) is 0 Å². The van der Waals surface area contributed by atoms with Gasteiger partial charge < -0.3 is 20.8 Å². The van der Waals surface area contributed by atoms with E-state index in [9.17, 15) is 36.7 Å². The number of aromatic nitrogens is 12. The summed E-state index contributed by atoms with van der Waals surface area (Å²) < 4.78 is 63.7. The largest absolute Gasteiger partial charge is 0.480 e. The Morgan fingerprint density at radius 3 is 1.49 bits per heavy atom. The summed E-state index contributed by atoms with van der Waals surface area (Å²) in [5.74, 6) is -7.64. The molecule has 0 spiro atoms. The number of carbonyl (C=O) groups excluding carboxylic acids is 1. The number of hydrogen-bond donors (Lipinski definition) is 4. The first-order chi connectivity index (χ1) is 37.0. The van der Waals surface area contributed by atoms with Gasteiger partial charge in [0.15, 0.2) is 5.78 Å². The third-order valence-corrected chi connectivity index (χ3v) is 12.5. The summed E-state index contributed by atoms with van der Waals surface area (Å²) in [6.07, 6.45) is 15.1. The number of H-pyrrole nitrogens is 2. The zero-order valence-corrected chi connectivity index (χ0v) is 41.9. The van der Waals surface area contributed by atoms with E-state index in [1.54, 1.807) is 80.2 Å². The maximum Gasteiger partial charge on any atom is 0.323 e. The van der Waals surface area contributed by atoms with Crippen LogP contribution in [0.3, 0.4) is 0 Å². The van der Waals surface area contributed by atoms with Crippen molar-refractivity contribution in [2.75, 3.05) is 0 Å². The lowest BCUT2D eigenvalue weighted by Gasteiger charge is -2.17. The maximum absolute atomic E-state index is 14.8. The second kappa shape index (κ2) is 24.0. The molecule has 10 aromatic rings. The number of benzene rings is 2. The molecule has 396 valence electrons. The fourth-order valence-electron chi connectivity index (χ4n) is 8.46. The van der Waals surface area contributed by atoms with Crippen LogP contribution in [0.1, 0.15) is 53.2 Å². The molecule has 8 aromatic heterocycles. The number of hydrogen-bond acceptors (Lipinski definition) is 11. The summed E-state index contributed by atoms with van der Waals surface area (Å²) in [4.78, 5) is 73.1. The fourth-order valence-corrected chi connectivity index (χ4v) is 8.46. The minimum Gasteiger partial charge on any atom is -0.480 e. The van der Waals surface area contributed by atoms with Gasteiger partial charge >= 0.3 is 5.97 Å². The Bertz CT molecular complexity index is 3690. The van der Waals surface area contributed by atoms with Crippen LogP contribution in [0.15, 0.2) is 156 Å². The van der Waals surface area contributed by atoms with Crippen molar-refractivity contribution >= 4 is 33.6 Å². The number of carboxylic acid groups (broad SMARTS) is 1. The molecule has 0 radical (unpaired) electrons. The molecule has 0 fully saturated rings. The first-order valence-corrected chi connectivity index (χ1v) is 24.3.